The number of aromatic nitrogens is 1. The highest BCUT2D eigenvalue weighted by Crippen LogP contribution is 2.29. The zero-order valence-electron chi connectivity index (χ0n) is 28.6. The second-order valence-electron chi connectivity index (χ2n) is 12.7. The highest BCUT2D eigenvalue weighted by atomic mass is 32.2. The number of ether oxygens (including phenoxy) is 2. The van der Waals surface area contributed by atoms with E-state index < -0.39 is 28.1 Å². The first-order valence-corrected chi connectivity index (χ1v) is 17.8. The van der Waals surface area contributed by atoms with E-state index in [1.807, 2.05) is 44.2 Å². The standard InChI is InChI=1S/C35H48N4O8S/c1-23-20-39(24(2)22-40)35(42)30-19-29(36-33(41)18-28-13-8-7-9-14-28)15-16-31(30)46-25(3)12-10-11-17-45-32(23)21-38(6)48(43,44)34-26(4)37-47-27(34)5/h7-9,13-16,19,23-25,32,40H,10-12,17-18,20-22H2,1-6H3,(H,36,41)/t23-,24+,25+,32+/m1/s1. The molecular formula is C35H48N4O8S. The lowest BCUT2D eigenvalue weighted by molar-refractivity contribution is -0.115. The third-order valence-corrected chi connectivity index (χ3v) is 10.7. The minimum atomic E-state index is -3.94. The van der Waals surface area contributed by atoms with Gasteiger partial charge in [-0.05, 0) is 70.7 Å². The van der Waals surface area contributed by atoms with Gasteiger partial charge in [0.15, 0.2) is 5.76 Å². The van der Waals surface area contributed by atoms with Crippen molar-refractivity contribution in [2.24, 2.45) is 5.92 Å². The molecule has 0 unspecified atom stereocenters. The first kappa shape index (κ1) is 37.0. The first-order valence-electron chi connectivity index (χ1n) is 16.4. The van der Waals surface area contributed by atoms with Crippen LogP contribution in [0.1, 0.15) is 67.4 Å². The molecule has 1 aliphatic heterocycles. The van der Waals surface area contributed by atoms with E-state index in [1.54, 1.807) is 43.9 Å². The highest BCUT2D eigenvalue weighted by molar-refractivity contribution is 7.89. The number of anilines is 1. The number of likely N-dealkylation sites (N-methyl/N-ethyl adjacent to an activating group) is 1. The molecule has 4 atom stereocenters. The molecule has 48 heavy (non-hydrogen) atoms. The van der Waals surface area contributed by atoms with Crippen molar-refractivity contribution < 1.29 is 37.1 Å². The van der Waals surface area contributed by atoms with Crippen LogP contribution >= 0.6 is 0 Å². The monoisotopic (exact) mass is 684 g/mol. The number of aryl methyl sites for hydroxylation is 2. The Bertz CT molecular complexity index is 1630. The number of sulfonamides is 1. The summed E-state index contributed by atoms with van der Waals surface area (Å²) < 4.78 is 46.1. The van der Waals surface area contributed by atoms with Crippen molar-refractivity contribution in [1.29, 1.82) is 0 Å². The van der Waals surface area contributed by atoms with Crippen LogP contribution in [0.5, 0.6) is 5.75 Å². The van der Waals surface area contributed by atoms with Crippen LogP contribution in [0.25, 0.3) is 0 Å². The Labute approximate surface area is 283 Å². The number of fused-ring (bicyclic) bond motifs is 1. The van der Waals surface area contributed by atoms with E-state index >= 15 is 0 Å². The summed E-state index contributed by atoms with van der Waals surface area (Å²) in [5.41, 5.74) is 1.83. The maximum absolute atomic E-state index is 14.4. The molecule has 0 aliphatic carbocycles. The predicted octanol–water partition coefficient (Wildman–Crippen LogP) is 4.59. The molecule has 13 heteroatoms. The SMILES string of the molecule is Cc1noc(C)c1S(=O)(=O)N(C)C[C@@H]1OCCCC[C@H](C)Oc2ccc(NC(=O)Cc3ccccc3)cc2C(=O)N([C@@H](C)CO)C[C@H]1C. The lowest BCUT2D eigenvalue weighted by Crippen LogP contribution is -2.48. The van der Waals surface area contributed by atoms with Crippen molar-refractivity contribution in [2.75, 3.05) is 38.7 Å². The fraction of sp³-hybridized carbons (Fsp3) is 0.514. The van der Waals surface area contributed by atoms with E-state index in [0.717, 1.165) is 18.4 Å². The minimum absolute atomic E-state index is 0.0246. The summed E-state index contributed by atoms with van der Waals surface area (Å²) in [5.74, 6) is -0.374. The number of nitrogens with zero attached hydrogens (tertiary/aromatic N) is 3. The molecule has 2 heterocycles. The Balaban J connectivity index is 1.64. The van der Waals surface area contributed by atoms with Gasteiger partial charge >= 0.3 is 0 Å². The molecule has 0 radical (unpaired) electrons. The van der Waals surface area contributed by atoms with Crippen molar-refractivity contribution in [3.63, 3.8) is 0 Å². The normalized spacial score (nSPS) is 20.5. The van der Waals surface area contributed by atoms with Gasteiger partial charge in [-0.3, -0.25) is 9.59 Å². The van der Waals surface area contributed by atoms with Gasteiger partial charge < -0.3 is 29.3 Å². The zero-order chi connectivity index (χ0) is 35.0. The first-order chi connectivity index (χ1) is 22.8. The fourth-order valence-electron chi connectivity index (χ4n) is 5.80. The fourth-order valence-corrected chi connectivity index (χ4v) is 7.27. The van der Waals surface area contributed by atoms with Crippen molar-refractivity contribution >= 4 is 27.5 Å². The Kier molecular flexibility index (Phi) is 12.8. The summed E-state index contributed by atoms with van der Waals surface area (Å²) in [6.07, 6.45) is 1.59. The van der Waals surface area contributed by atoms with E-state index in [2.05, 4.69) is 10.5 Å². The number of aliphatic hydroxyl groups excluding tert-OH is 1. The van der Waals surface area contributed by atoms with E-state index in [9.17, 15) is 23.1 Å². The van der Waals surface area contributed by atoms with Gasteiger partial charge in [-0.15, -0.1) is 0 Å². The van der Waals surface area contributed by atoms with Gasteiger partial charge in [0, 0.05) is 38.3 Å². The topological polar surface area (TPSA) is 152 Å². The van der Waals surface area contributed by atoms with Crippen molar-refractivity contribution in [1.82, 2.24) is 14.4 Å². The molecule has 2 N–H and O–H groups in total. The third-order valence-electron chi connectivity index (χ3n) is 8.62. The molecule has 0 bridgehead atoms. The average molecular weight is 685 g/mol. The summed E-state index contributed by atoms with van der Waals surface area (Å²) in [7, 11) is -2.45. The molecular weight excluding hydrogens is 636 g/mol. The van der Waals surface area contributed by atoms with E-state index in [1.165, 1.54) is 11.4 Å². The summed E-state index contributed by atoms with van der Waals surface area (Å²) in [6.45, 7) is 9.00. The van der Waals surface area contributed by atoms with Gasteiger partial charge in [-0.2, -0.15) is 4.31 Å². The van der Waals surface area contributed by atoms with Crippen molar-refractivity contribution in [2.45, 2.75) is 83.4 Å². The number of rotatable bonds is 9. The molecule has 0 fully saturated rings. The predicted molar refractivity (Wildman–Crippen MR) is 181 cm³/mol. The van der Waals surface area contributed by atoms with Gasteiger partial charge in [-0.1, -0.05) is 42.4 Å². The quantitative estimate of drug-likeness (QED) is 0.330. The summed E-state index contributed by atoms with van der Waals surface area (Å²) in [6, 6.07) is 13.8. The third kappa shape index (κ3) is 9.22. The molecule has 0 spiro atoms. The number of carbonyl (C=O) groups is 2. The van der Waals surface area contributed by atoms with Crippen LogP contribution in [0.4, 0.5) is 5.69 Å². The molecule has 0 saturated carbocycles. The van der Waals surface area contributed by atoms with Crippen LogP contribution < -0.4 is 10.1 Å². The Morgan fingerprint density at radius 1 is 1.15 bits per heavy atom. The van der Waals surface area contributed by atoms with Crippen molar-refractivity contribution in [3.8, 4) is 5.75 Å². The lowest BCUT2D eigenvalue weighted by Gasteiger charge is -2.35. The number of carbonyl (C=O) groups excluding carboxylic acids is 2. The van der Waals surface area contributed by atoms with Gasteiger partial charge in [0.05, 0.1) is 36.8 Å². The van der Waals surface area contributed by atoms with E-state index in [4.69, 9.17) is 14.0 Å². The summed E-state index contributed by atoms with van der Waals surface area (Å²) in [5, 5.41) is 16.9. The minimum Gasteiger partial charge on any atom is -0.490 e. The second-order valence-corrected chi connectivity index (χ2v) is 14.6. The van der Waals surface area contributed by atoms with Crippen LogP contribution in [0.3, 0.4) is 0 Å². The van der Waals surface area contributed by atoms with E-state index in [-0.39, 0.29) is 66.0 Å². The molecule has 1 aliphatic rings. The molecule has 0 saturated heterocycles. The number of hydrogen-bond donors (Lipinski definition) is 2. The number of nitrogens with one attached hydrogen (secondary N) is 1. The molecule has 1 aromatic heterocycles. The lowest BCUT2D eigenvalue weighted by atomic mass is 10.0. The van der Waals surface area contributed by atoms with Gasteiger partial charge in [0.25, 0.3) is 5.91 Å². The maximum atomic E-state index is 14.4. The Morgan fingerprint density at radius 2 is 1.88 bits per heavy atom. The molecule has 2 aromatic carbocycles. The van der Waals surface area contributed by atoms with Crippen LogP contribution in [-0.4, -0.2) is 91.3 Å². The average Bonchev–Trinajstić information content (AvgIpc) is 3.40. The number of aliphatic hydroxyl groups is 1. The molecule has 2 amide bonds. The maximum Gasteiger partial charge on any atom is 0.258 e. The Morgan fingerprint density at radius 3 is 2.54 bits per heavy atom. The van der Waals surface area contributed by atoms with Gasteiger partial charge in [0.2, 0.25) is 15.9 Å². The van der Waals surface area contributed by atoms with E-state index in [0.29, 0.717) is 24.5 Å². The largest absolute Gasteiger partial charge is 0.490 e. The molecule has 3 aromatic rings. The van der Waals surface area contributed by atoms with Crippen molar-refractivity contribution in [3.05, 3.63) is 71.1 Å². The number of hydrogen-bond acceptors (Lipinski definition) is 9. The van der Waals surface area contributed by atoms with Gasteiger partial charge in [0.1, 0.15) is 16.3 Å². The Hall–Kier alpha value is -3.78. The van der Waals surface area contributed by atoms with Gasteiger partial charge in [-0.25, -0.2) is 8.42 Å². The zero-order valence-corrected chi connectivity index (χ0v) is 29.5. The van der Waals surface area contributed by atoms with Crippen LogP contribution in [0, 0.1) is 19.8 Å². The molecule has 12 nitrogen and oxygen atoms in total. The van der Waals surface area contributed by atoms with Crippen LogP contribution in [-0.2, 0) is 26.0 Å². The second kappa shape index (κ2) is 16.6. The van der Waals surface area contributed by atoms with Crippen LogP contribution in [0.15, 0.2) is 57.9 Å². The molecule has 4 rings (SSSR count). The smallest absolute Gasteiger partial charge is 0.258 e. The number of benzene rings is 2. The highest BCUT2D eigenvalue weighted by Gasteiger charge is 2.34. The van der Waals surface area contributed by atoms with Crippen LogP contribution in [0.2, 0.25) is 0 Å². The summed E-state index contributed by atoms with van der Waals surface area (Å²) >= 11 is 0. The molecule has 262 valence electrons. The summed E-state index contributed by atoms with van der Waals surface area (Å²) in [4.78, 5) is 28.8. The number of amides is 2.